The van der Waals surface area contributed by atoms with Crippen LogP contribution in [0.3, 0.4) is 0 Å². The van der Waals surface area contributed by atoms with Crippen LogP contribution in [0.4, 0.5) is 0 Å². The van der Waals surface area contributed by atoms with E-state index in [2.05, 4.69) is 31.9 Å². The number of hydrogen-bond acceptors (Lipinski definition) is 0. The largest absolute Gasteiger partial charge is 0.323 e. The van der Waals surface area contributed by atoms with Gasteiger partial charge in [0, 0.05) is 27.0 Å². The minimum absolute atomic E-state index is 0.495. The predicted octanol–water partition coefficient (Wildman–Crippen LogP) is 5.67. The minimum Gasteiger partial charge on any atom is -0.323 e. The van der Waals surface area contributed by atoms with E-state index in [9.17, 15) is 0 Å². The molecular weight excluding hydrogens is 366 g/mol. The first-order valence-corrected chi connectivity index (χ1v) is 7.43. The molecule has 0 bridgehead atoms. The van der Waals surface area contributed by atoms with Crippen LogP contribution < -0.4 is 0 Å². The zero-order chi connectivity index (χ0) is 14.1. The van der Waals surface area contributed by atoms with Crippen LogP contribution in [0.2, 0.25) is 0 Å². The summed E-state index contributed by atoms with van der Waals surface area (Å²) in [6.45, 7) is 0. The number of nitrogens with zero attached hydrogens (tertiary/aromatic N) is 1. The van der Waals surface area contributed by atoms with Crippen LogP contribution in [0.1, 0.15) is 1.37 Å². The molecule has 1 heterocycles. The van der Waals surface area contributed by atoms with Crippen molar-refractivity contribution in [2.24, 2.45) is 0 Å². The van der Waals surface area contributed by atoms with Gasteiger partial charge < -0.3 is 4.57 Å². The Morgan fingerprint density at radius 3 is 1.95 bits per heavy atom. The van der Waals surface area contributed by atoms with Crippen LogP contribution in [0.15, 0.2) is 75.9 Å². The highest BCUT2D eigenvalue weighted by Gasteiger charge is 2.02. The van der Waals surface area contributed by atoms with E-state index < -0.39 is 0 Å². The lowest BCUT2D eigenvalue weighted by Gasteiger charge is -2.02. The SMILES string of the molecule is [2H]c1c(-c2ccc(Br)cc2)ccn1-c1ccc(Br)cc1. The molecular formula is C16H11Br2N. The highest BCUT2D eigenvalue weighted by molar-refractivity contribution is 9.10. The quantitative estimate of drug-likeness (QED) is 0.542. The molecule has 0 radical (unpaired) electrons. The lowest BCUT2D eigenvalue weighted by atomic mass is 10.1. The fraction of sp³-hybridized carbons (Fsp3) is 0. The maximum atomic E-state index is 8.35. The van der Waals surface area contributed by atoms with Gasteiger partial charge in [-0.05, 0) is 53.6 Å². The van der Waals surface area contributed by atoms with Crippen LogP contribution in [0.5, 0.6) is 0 Å². The number of benzene rings is 2. The van der Waals surface area contributed by atoms with Gasteiger partial charge in [-0.3, -0.25) is 0 Å². The van der Waals surface area contributed by atoms with Gasteiger partial charge in [-0.25, -0.2) is 0 Å². The van der Waals surface area contributed by atoms with Crippen LogP contribution in [-0.2, 0) is 0 Å². The second kappa shape index (κ2) is 5.35. The summed E-state index contributed by atoms with van der Waals surface area (Å²) < 4.78 is 12.3. The summed E-state index contributed by atoms with van der Waals surface area (Å²) in [5.41, 5.74) is 2.97. The van der Waals surface area contributed by atoms with Gasteiger partial charge in [-0.2, -0.15) is 0 Å². The second-order valence-electron chi connectivity index (χ2n) is 4.19. The van der Waals surface area contributed by atoms with E-state index >= 15 is 0 Å². The van der Waals surface area contributed by atoms with Crippen molar-refractivity contribution >= 4 is 31.9 Å². The molecule has 0 saturated heterocycles. The van der Waals surface area contributed by atoms with Crippen molar-refractivity contribution < 1.29 is 1.37 Å². The van der Waals surface area contributed by atoms with Crippen molar-refractivity contribution in [3.8, 4) is 16.8 Å². The van der Waals surface area contributed by atoms with Crippen molar-refractivity contribution in [1.29, 1.82) is 0 Å². The van der Waals surface area contributed by atoms with Gasteiger partial charge in [-0.1, -0.05) is 44.0 Å². The van der Waals surface area contributed by atoms with Crippen LogP contribution in [0.25, 0.3) is 16.8 Å². The van der Waals surface area contributed by atoms with Crippen LogP contribution >= 0.6 is 31.9 Å². The van der Waals surface area contributed by atoms with Crippen molar-refractivity contribution in [2.45, 2.75) is 0 Å². The summed E-state index contributed by atoms with van der Waals surface area (Å²) in [5, 5.41) is 0. The van der Waals surface area contributed by atoms with Gasteiger partial charge in [0.25, 0.3) is 0 Å². The summed E-state index contributed by atoms with van der Waals surface area (Å²) >= 11 is 6.85. The summed E-state index contributed by atoms with van der Waals surface area (Å²) in [7, 11) is 0. The molecule has 0 spiro atoms. The molecule has 3 aromatic rings. The van der Waals surface area contributed by atoms with Crippen molar-refractivity contribution in [3.05, 3.63) is 75.9 Å². The number of aromatic nitrogens is 1. The van der Waals surface area contributed by atoms with Gasteiger partial charge >= 0.3 is 0 Å². The molecule has 0 atom stereocenters. The molecule has 0 fully saturated rings. The lowest BCUT2D eigenvalue weighted by molar-refractivity contribution is 1.08. The van der Waals surface area contributed by atoms with E-state index in [-0.39, 0.29) is 0 Å². The molecule has 1 nitrogen and oxygen atoms in total. The third kappa shape index (κ3) is 2.82. The molecule has 1 aromatic heterocycles. The number of rotatable bonds is 2. The van der Waals surface area contributed by atoms with Gasteiger partial charge in [0.1, 0.15) is 0 Å². The van der Waals surface area contributed by atoms with E-state index in [0.29, 0.717) is 6.17 Å². The van der Waals surface area contributed by atoms with E-state index in [1.165, 1.54) is 0 Å². The highest BCUT2D eigenvalue weighted by Crippen LogP contribution is 2.24. The zero-order valence-corrected chi connectivity index (χ0v) is 13.1. The molecule has 0 aliphatic rings. The summed E-state index contributed by atoms with van der Waals surface area (Å²) in [5.74, 6) is 0. The Morgan fingerprint density at radius 1 is 0.737 bits per heavy atom. The zero-order valence-electron chi connectivity index (χ0n) is 11.0. The first-order chi connectivity index (χ1) is 9.65. The molecule has 0 aliphatic carbocycles. The Labute approximate surface area is 130 Å². The number of hydrogen-bond donors (Lipinski definition) is 0. The van der Waals surface area contributed by atoms with Gasteiger partial charge in [0.05, 0.1) is 1.37 Å². The van der Waals surface area contributed by atoms with E-state index in [4.69, 9.17) is 1.37 Å². The molecule has 0 saturated carbocycles. The van der Waals surface area contributed by atoms with E-state index in [0.717, 1.165) is 25.8 Å². The standard InChI is InChI=1S/C16H11Br2N/c17-14-3-1-12(2-4-14)13-9-10-19(11-13)16-7-5-15(18)6-8-16/h1-11H/i11D. The first-order valence-electron chi connectivity index (χ1n) is 6.35. The Morgan fingerprint density at radius 2 is 1.32 bits per heavy atom. The maximum Gasteiger partial charge on any atom is 0.0829 e. The third-order valence-electron chi connectivity index (χ3n) is 2.89. The van der Waals surface area contributed by atoms with Crippen molar-refractivity contribution in [3.63, 3.8) is 0 Å². The van der Waals surface area contributed by atoms with E-state index in [1.807, 2.05) is 65.4 Å². The molecule has 0 aliphatic heterocycles. The maximum absolute atomic E-state index is 8.35. The molecule has 0 amide bonds. The Kier molecular flexibility index (Phi) is 3.24. The highest BCUT2D eigenvalue weighted by atomic mass is 79.9. The predicted molar refractivity (Wildman–Crippen MR) is 86.6 cm³/mol. The molecule has 94 valence electrons. The topological polar surface area (TPSA) is 4.93 Å². The fourth-order valence-electron chi connectivity index (χ4n) is 1.90. The average Bonchev–Trinajstić information content (AvgIpc) is 2.83. The smallest absolute Gasteiger partial charge is 0.0829 e. The van der Waals surface area contributed by atoms with E-state index in [1.54, 1.807) is 0 Å². The first kappa shape index (κ1) is 11.5. The molecule has 3 heteroatoms. The molecule has 3 rings (SSSR count). The molecule has 2 aromatic carbocycles. The van der Waals surface area contributed by atoms with Gasteiger partial charge in [0.15, 0.2) is 0 Å². The molecule has 0 N–H and O–H groups in total. The van der Waals surface area contributed by atoms with Crippen LogP contribution in [0, 0.1) is 0 Å². The van der Waals surface area contributed by atoms with Crippen molar-refractivity contribution in [1.82, 2.24) is 4.57 Å². The van der Waals surface area contributed by atoms with Gasteiger partial charge in [-0.15, -0.1) is 0 Å². The average molecular weight is 378 g/mol. The Hall–Kier alpha value is -1.32. The van der Waals surface area contributed by atoms with Crippen molar-refractivity contribution in [2.75, 3.05) is 0 Å². The Bertz CT molecular complexity index is 667. The minimum atomic E-state index is 0.495. The molecule has 19 heavy (non-hydrogen) atoms. The normalized spacial score (nSPS) is 11.4. The summed E-state index contributed by atoms with van der Waals surface area (Å²) in [6, 6.07) is 17.9. The summed E-state index contributed by atoms with van der Waals surface area (Å²) in [6.07, 6.45) is 2.43. The summed E-state index contributed by atoms with van der Waals surface area (Å²) in [4.78, 5) is 0. The Balaban J connectivity index is 2.04. The van der Waals surface area contributed by atoms with Gasteiger partial charge in [0.2, 0.25) is 0 Å². The lowest BCUT2D eigenvalue weighted by Crippen LogP contribution is -1.88. The second-order valence-corrected chi connectivity index (χ2v) is 6.03. The third-order valence-corrected chi connectivity index (χ3v) is 3.95. The number of halogens is 2. The molecule has 0 unspecified atom stereocenters. The fourth-order valence-corrected chi connectivity index (χ4v) is 2.42. The monoisotopic (exact) mass is 376 g/mol. The van der Waals surface area contributed by atoms with Crippen LogP contribution in [-0.4, -0.2) is 4.57 Å².